The van der Waals surface area contributed by atoms with E-state index in [1.165, 1.54) is 0 Å². The first-order chi connectivity index (χ1) is 11.0. The predicted octanol–water partition coefficient (Wildman–Crippen LogP) is 2.08. The molecule has 2 aromatic rings. The summed E-state index contributed by atoms with van der Waals surface area (Å²) in [6, 6.07) is 9.96. The average Bonchev–Trinajstić information content (AvgIpc) is 2.92. The number of rotatable bonds is 8. The number of halogens is 1. The Hall–Kier alpha value is -2.18. The van der Waals surface area contributed by atoms with Gasteiger partial charge >= 0.3 is 0 Å². The fraction of sp³-hybridized carbons (Fsp3) is 0.312. The van der Waals surface area contributed by atoms with Crippen LogP contribution < -0.4 is 5.73 Å². The second-order valence-electron chi connectivity index (χ2n) is 5.38. The topological polar surface area (TPSA) is 77.0 Å². The molecule has 1 aromatic heterocycles. The third kappa shape index (κ3) is 5.19. The van der Waals surface area contributed by atoms with E-state index < -0.39 is 0 Å². The summed E-state index contributed by atoms with van der Waals surface area (Å²) in [6.45, 7) is 6.68. The first-order valence-corrected chi connectivity index (χ1v) is 7.63. The van der Waals surface area contributed by atoms with E-state index in [4.69, 9.17) is 17.3 Å². The number of nitrogens with zero attached hydrogens (tertiary/aromatic N) is 4. The van der Waals surface area contributed by atoms with Crippen LogP contribution in [0.15, 0.2) is 48.1 Å². The molecule has 1 aromatic carbocycles. The summed E-state index contributed by atoms with van der Waals surface area (Å²) < 4.78 is 1.61. The predicted molar refractivity (Wildman–Crippen MR) is 89.5 cm³/mol. The number of primary amides is 1. The van der Waals surface area contributed by atoms with E-state index in [0.717, 1.165) is 11.3 Å². The minimum absolute atomic E-state index is 0.0249. The van der Waals surface area contributed by atoms with Gasteiger partial charge in [0.05, 0.1) is 25.0 Å². The Morgan fingerprint density at radius 1 is 1.43 bits per heavy atom. The number of aromatic nitrogens is 3. The maximum Gasteiger partial charge on any atom is 0.231 e. The lowest BCUT2D eigenvalue weighted by atomic mass is 10.1. The Morgan fingerprint density at radius 2 is 2.13 bits per heavy atom. The van der Waals surface area contributed by atoms with E-state index in [1.807, 2.05) is 42.2 Å². The van der Waals surface area contributed by atoms with E-state index in [0.29, 0.717) is 18.1 Å². The first kappa shape index (κ1) is 17.2. The SMILES string of the molecule is C=C(Cl)Cn1cc(CN(CC(N)=O)[C@H](C)c2ccccc2)nn1. The summed E-state index contributed by atoms with van der Waals surface area (Å²) >= 11 is 5.77. The number of benzene rings is 1. The van der Waals surface area contributed by atoms with Crippen LogP contribution in [0, 0.1) is 0 Å². The number of amides is 1. The van der Waals surface area contributed by atoms with Crippen LogP contribution in [0.5, 0.6) is 0 Å². The minimum atomic E-state index is -0.380. The molecule has 0 bridgehead atoms. The van der Waals surface area contributed by atoms with E-state index >= 15 is 0 Å². The van der Waals surface area contributed by atoms with Gasteiger partial charge in [0.1, 0.15) is 0 Å². The highest BCUT2D eigenvalue weighted by Crippen LogP contribution is 2.21. The Morgan fingerprint density at radius 3 is 2.74 bits per heavy atom. The van der Waals surface area contributed by atoms with Crippen molar-refractivity contribution in [3.8, 4) is 0 Å². The van der Waals surface area contributed by atoms with Crippen LogP contribution in [-0.2, 0) is 17.9 Å². The lowest BCUT2D eigenvalue weighted by molar-refractivity contribution is -0.119. The Labute approximate surface area is 140 Å². The molecule has 7 heteroatoms. The van der Waals surface area contributed by atoms with Crippen molar-refractivity contribution in [2.24, 2.45) is 5.73 Å². The minimum Gasteiger partial charge on any atom is -0.369 e. The monoisotopic (exact) mass is 333 g/mol. The van der Waals surface area contributed by atoms with Gasteiger partial charge in [-0.3, -0.25) is 9.69 Å². The van der Waals surface area contributed by atoms with Crippen LogP contribution in [0.3, 0.4) is 0 Å². The smallest absolute Gasteiger partial charge is 0.231 e. The molecular weight excluding hydrogens is 314 g/mol. The molecule has 0 unspecified atom stereocenters. The number of allylic oxidation sites excluding steroid dienone is 1. The molecule has 0 aliphatic carbocycles. The van der Waals surface area contributed by atoms with Crippen molar-refractivity contribution in [2.45, 2.75) is 26.1 Å². The molecular formula is C16H20ClN5O. The summed E-state index contributed by atoms with van der Waals surface area (Å²) in [5.74, 6) is -0.380. The average molecular weight is 334 g/mol. The van der Waals surface area contributed by atoms with Gasteiger partial charge in [-0.2, -0.15) is 0 Å². The van der Waals surface area contributed by atoms with Crippen molar-refractivity contribution in [1.29, 1.82) is 0 Å². The third-order valence-electron chi connectivity index (χ3n) is 3.47. The molecule has 6 nitrogen and oxygen atoms in total. The molecule has 0 spiro atoms. The highest BCUT2D eigenvalue weighted by Gasteiger charge is 2.19. The van der Waals surface area contributed by atoms with Crippen molar-refractivity contribution < 1.29 is 4.79 Å². The van der Waals surface area contributed by atoms with Crippen molar-refractivity contribution >= 4 is 17.5 Å². The number of nitrogens with two attached hydrogens (primary N) is 1. The van der Waals surface area contributed by atoms with Crippen LogP contribution in [-0.4, -0.2) is 32.3 Å². The third-order valence-corrected chi connectivity index (χ3v) is 3.59. The standard InChI is InChI=1S/C16H20ClN5O/c1-12(17)8-22-10-15(19-20-22)9-21(11-16(18)23)13(2)14-6-4-3-5-7-14/h3-7,10,13H,1,8-9,11H2,2H3,(H2,18,23)/t13-/m1/s1. The van der Waals surface area contributed by atoms with E-state index in [1.54, 1.807) is 10.9 Å². The fourth-order valence-corrected chi connectivity index (χ4v) is 2.47. The quantitative estimate of drug-likeness (QED) is 0.802. The molecule has 23 heavy (non-hydrogen) atoms. The molecule has 1 atom stereocenters. The maximum atomic E-state index is 11.4. The first-order valence-electron chi connectivity index (χ1n) is 7.25. The van der Waals surface area contributed by atoms with Crippen molar-refractivity contribution in [2.75, 3.05) is 6.54 Å². The second-order valence-corrected chi connectivity index (χ2v) is 5.92. The van der Waals surface area contributed by atoms with Gasteiger partial charge in [-0.25, -0.2) is 4.68 Å². The largest absolute Gasteiger partial charge is 0.369 e. The van der Waals surface area contributed by atoms with Gasteiger partial charge in [0.25, 0.3) is 0 Å². The molecule has 122 valence electrons. The summed E-state index contributed by atoms with van der Waals surface area (Å²) in [6.07, 6.45) is 1.79. The summed E-state index contributed by atoms with van der Waals surface area (Å²) in [5.41, 5.74) is 7.23. The normalized spacial score (nSPS) is 12.3. The number of hydrogen-bond donors (Lipinski definition) is 1. The van der Waals surface area contributed by atoms with Gasteiger partial charge in [-0.05, 0) is 12.5 Å². The van der Waals surface area contributed by atoms with Gasteiger partial charge < -0.3 is 5.73 Å². The van der Waals surface area contributed by atoms with Gasteiger partial charge in [-0.15, -0.1) is 5.10 Å². The van der Waals surface area contributed by atoms with Crippen LogP contribution in [0.1, 0.15) is 24.2 Å². The molecule has 1 amide bonds. The van der Waals surface area contributed by atoms with Crippen LogP contribution in [0.25, 0.3) is 0 Å². The zero-order valence-corrected chi connectivity index (χ0v) is 13.8. The molecule has 0 fully saturated rings. The number of carbonyl (C=O) groups is 1. The van der Waals surface area contributed by atoms with Gasteiger partial charge in [0.2, 0.25) is 5.91 Å². The fourth-order valence-electron chi connectivity index (χ4n) is 2.34. The van der Waals surface area contributed by atoms with Crippen molar-refractivity contribution in [3.05, 3.63) is 59.4 Å². The Balaban J connectivity index is 2.13. The maximum absolute atomic E-state index is 11.4. The van der Waals surface area contributed by atoms with Crippen LogP contribution >= 0.6 is 11.6 Å². The summed E-state index contributed by atoms with van der Waals surface area (Å²) in [7, 11) is 0. The zero-order valence-electron chi connectivity index (χ0n) is 13.0. The van der Waals surface area contributed by atoms with Crippen molar-refractivity contribution in [3.63, 3.8) is 0 Å². The Kier molecular flexibility index (Phi) is 5.90. The number of carbonyl (C=O) groups excluding carboxylic acids is 1. The second kappa shape index (κ2) is 7.89. The van der Waals surface area contributed by atoms with Gasteiger partial charge in [0.15, 0.2) is 0 Å². The molecule has 0 aliphatic rings. The highest BCUT2D eigenvalue weighted by molar-refractivity contribution is 6.29. The van der Waals surface area contributed by atoms with E-state index in [2.05, 4.69) is 16.9 Å². The van der Waals surface area contributed by atoms with Crippen LogP contribution in [0.4, 0.5) is 0 Å². The van der Waals surface area contributed by atoms with Crippen LogP contribution in [0.2, 0.25) is 0 Å². The van der Waals surface area contributed by atoms with E-state index in [-0.39, 0.29) is 18.5 Å². The molecule has 0 radical (unpaired) electrons. The Bertz CT molecular complexity index is 670. The lowest BCUT2D eigenvalue weighted by Gasteiger charge is -2.27. The summed E-state index contributed by atoms with van der Waals surface area (Å²) in [5, 5.41) is 8.59. The molecule has 2 N–H and O–H groups in total. The summed E-state index contributed by atoms with van der Waals surface area (Å²) in [4.78, 5) is 13.4. The lowest BCUT2D eigenvalue weighted by Crippen LogP contribution is -2.35. The zero-order chi connectivity index (χ0) is 16.8. The molecule has 0 saturated heterocycles. The number of hydrogen-bond acceptors (Lipinski definition) is 4. The van der Waals surface area contributed by atoms with Gasteiger partial charge in [-0.1, -0.05) is 53.7 Å². The highest BCUT2D eigenvalue weighted by atomic mass is 35.5. The van der Waals surface area contributed by atoms with Crippen molar-refractivity contribution in [1.82, 2.24) is 19.9 Å². The molecule has 0 saturated carbocycles. The van der Waals surface area contributed by atoms with Gasteiger partial charge in [0, 0.05) is 17.6 Å². The molecule has 1 heterocycles. The van der Waals surface area contributed by atoms with E-state index in [9.17, 15) is 4.79 Å². The molecule has 0 aliphatic heterocycles. The molecule has 2 rings (SSSR count).